The summed E-state index contributed by atoms with van der Waals surface area (Å²) in [5.74, 6) is 0.448. The number of benzene rings is 1. The number of nitrogens with zero attached hydrogens (tertiary/aromatic N) is 1. The second-order valence-corrected chi connectivity index (χ2v) is 6.19. The number of allylic oxidation sites excluding steroid dienone is 2. The summed E-state index contributed by atoms with van der Waals surface area (Å²) in [5, 5.41) is 9.73. The molecule has 1 aromatic carbocycles. The van der Waals surface area contributed by atoms with Crippen LogP contribution in [0.3, 0.4) is 0 Å². The van der Waals surface area contributed by atoms with Crippen LogP contribution >= 0.6 is 0 Å². The molecule has 0 fully saturated rings. The van der Waals surface area contributed by atoms with Crippen molar-refractivity contribution in [2.75, 3.05) is 20.5 Å². The summed E-state index contributed by atoms with van der Waals surface area (Å²) in [6.07, 6.45) is 1.20. The van der Waals surface area contributed by atoms with E-state index in [2.05, 4.69) is 6.07 Å². The molecule has 148 valence electrons. The molecule has 2 heterocycles. The Hall–Kier alpha value is -3.34. The van der Waals surface area contributed by atoms with Crippen molar-refractivity contribution in [2.45, 2.75) is 32.6 Å². The van der Waals surface area contributed by atoms with Gasteiger partial charge in [0.2, 0.25) is 18.4 Å². The van der Waals surface area contributed by atoms with Gasteiger partial charge in [-0.2, -0.15) is 5.26 Å². The van der Waals surface area contributed by atoms with Gasteiger partial charge >= 0.3 is 5.97 Å². The summed E-state index contributed by atoms with van der Waals surface area (Å²) in [6, 6.07) is 5.49. The van der Waals surface area contributed by atoms with E-state index in [0.717, 1.165) is 6.42 Å². The fourth-order valence-corrected chi connectivity index (χ4v) is 3.31. The second-order valence-electron chi connectivity index (χ2n) is 6.19. The van der Waals surface area contributed by atoms with Crippen LogP contribution in [0.25, 0.3) is 0 Å². The number of fused-ring (bicyclic) bond motifs is 1. The standard InChI is InChI=1S/C20H22N2O6/c1-4-6-13-17(20(23)25-5-2)16(12(9-21)19(22)28-13)11-7-14(24-3)18-15(8-11)26-10-27-18/h7-8,16H,4-6,10,22H2,1-3H3. The average molecular weight is 386 g/mol. The highest BCUT2D eigenvalue weighted by molar-refractivity contribution is 5.92. The zero-order valence-electron chi connectivity index (χ0n) is 16.0. The number of esters is 1. The van der Waals surface area contributed by atoms with Crippen LogP contribution < -0.4 is 19.9 Å². The van der Waals surface area contributed by atoms with Crippen molar-refractivity contribution in [3.05, 3.63) is 40.5 Å². The van der Waals surface area contributed by atoms with Crippen LogP contribution in [-0.4, -0.2) is 26.5 Å². The Kier molecular flexibility index (Phi) is 5.64. The molecule has 0 spiro atoms. The molecule has 8 nitrogen and oxygen atoms in total. The predicted octanol–water partition coefficient (Wildman–Crippen LogP) is 2.85. The molecule has 1 unspecified atom stereocenters. The molecule has 8 heteroatoms. The maximum absolute atomic E-state index is 12.8. The lowest BCUT2D eigenvalue weighted by Gasteiger charge is -2.28. The molecule has 0 radical (unpaired) electrons. The van der Waals surface area contributed by atoms with Crippen molar-refractivity contribution in [1.29, 1.82) is 5.26 Å². The first-order chi connectivity index (χ1) is 13.5. The molecular weight excluding hydrogens is 364 g/mol. The molecule has 0 amide bonds. The fourth-order valence-electron chi connectivity index (χ4n) is 3.31. The van der Waals surface area contributed by atoms with Crippen molar-refractivity contribution >= 4 is 5.97 Å². The molecule has 0 aliphatic carbocycles. The van der Waals surface area contributed by atoms with E-state index < -0.39 is 11.9 Å². The van der Waals surface area contributed by atoms with Gasteiger partial charge in [-0.05, 0) is 31.0 Å². The van der Waals surface area contributed by atoms with Crippen LogP contribution in [-0.2, 0) is 14.3 Å². The van der Waals surface area contributed by atoms with E-state index in [1.165, 1.54) is 7.11 Å². The highest BCUT2D eigenvalue weighted by Gasteiger charge is 2.38. The summed E-state index contributed by atoms with van der Waals surface area (Å²) in [7, 11) is 1.51. The van der Waals surface area contributed by atoms with Crippen molar-refractivity contribution in [2.24, 2.45) is 5.73 Å². The van der Waals surface area contributed by atoms with Gasteiger partial charge in [0.25, 0.3) is 0 Å². The number of methoxy groups -OCH3 is 1. The Bertz CT molecular complexity index is 897. The van der Waals surface area contributed by atoms with Gasteiger partial charge in [-0.15, -0.1) is 0 Å². The van der Waals surface area contributed by atoms with Gasteiger partial charge in [0.15, 0.2) is 11.5 Å². The van der Waals surface area contributed by atoms with E-state index in [0.29, 0.717) is 35.0 Å². The minimum atomic E-state index is -0.761. The van der Waals surface area contributed by atoms with Gasteiger partial charge in [0.1, 0.15) is 17.4 Å². The number of nitrogens with two attached hydrogens (primary N) is 1. The predicted molar refractivity (Wildman–Crippen MR) is 98.3 cm³/mol. The summed E-state index contributed by atoms with van der Waals surface area (Å²) in [5.41, 5.74) is 7.00. The minimum Gasteiger partial charge on any atom is -0.493 e. The smallest absolute Gasteiger partial charge is 0.338 e. The third-order valence-electron chi connectivity index (χ3n) is 4.48. The Morgan fingerprint density at radius 1 is 1.36 bits per heavy atom. The SMILES string of the molecule is CCCC1=C(C(=O)OCC)C(c2cc(OC)c3c(c2)OCO3)C(C#N)=C(N)O1. The lowest BCUT2D eigenvalue weighted by molar-refractivity contribution is -0.139. The monoisotopic (exact) mass is 386 g/mol. The fraction of sp³-hybridized carbons (Fsp3) is 0.400. The quantitative estimate of drug-likeness (QED) is 0.743. The minimum absolute atomic E-state index is 0.0272. The Morgan fingerprint density at radius 2 is 2.14 bits per heavy atom. The maximum atomic E-state index is 12.8. The Balaban J connectivity index is 2.22. The Labute approximate surface area is 163 Å². The first-order valence-corrected chi connectivity index (χ1v) is 9.00. The summed E-state index contributed by atoms with van der Waals surface area (Å²) < 4.78 is 27.2. The van der Waals surface area contributed by atoms with Crippen LogP contribution in [0.5, 0.6) is 17.2 Å². The van der Waals surface area contributed by atoms with E-state index in [9.17, 15) is 10.1 Å². The second kappa shape index (κ2) is 8.13. The van der Waals surface area contributed by atoms with Gasteiger partial charge in [-0.1, -0.05) is 6.92 Å². The molecule has 2 aliphatic heterocycles. The van der Waals surface area contributed by atoms with Gasteiger partial charge in [-0.3, -0.25) is 0 Å². The maximum Gasteiger partial charge on any atom is 0.338 e. The summed E-state index contributed by atoms with van der Waals surface area (Å²) in [6.45, 7) is 3.93. The molecule has 3 rings (SSSR count). The number of carbonyl (C=O) groups excluding carboxylic acids is 1. The molecule has 0 saturated heterocycles. The van der Waals surface area contributed by atoms with E-state index in [4.69, 9.17) is 29.4 Å². The lowest BCUT2D eigenvalue weighted by atomic mass is 9.82. The largest absolute Gasteiger partial charge is 0.493 e. The molecule has 0 aromatic heterocycles. The van der Waals surface area contributed by atoms with Crippen LogP contribution in [0, 0.1) is 11.3 Å². The lowest BCUT2D eigenvalue weighted by Crippen LogP contribution is -2.26. The van der Waals surface area contributed by atoms with E-state index in [1.54, 1.807) is 19.1 Å². The Morgan fingerprint density at radius 3 is 2.79 bits per heavy atom. The normalized spacial score (nSPS) is 17.9. The molecule has 2 N–H and O–H groups in total. The van der Waals surface area contributed by atoms with Crippen LogP contribution in [0.4, 0.5) is 0 Å². The number of ether oxygens (including phenoxy) is 5. The summed E-state index contributed by atoms with van der Waals surface area (Å²) in [4.78, 5) is 12.8. The van der Waals surface area contributed by atoms with Gasteiger partial charge in [-0.25, -0.2) is 4.79 Å². The van der Waals surface area contributed by atoms with Gasteiger partial charge in [0.05, 0.1) is 25.2 Å². The molecule has 1 aromatic rings. The van der Waals surface area contributed by atoms with Crippen molar-refractivity contribution in [3.8, 4) is 23.3 Å². The third kappa shape index (κ3) is 3.31. The van der Waals surface area contributed by atoms with Crippen LogP contribution in [0.2, 0.25) is 0 Å². The average Bonchev–Trinajstić information content (AvgIpc) is 3.15. The zero-order valence-corrected chi connectivity index (χ0v) is 16.0. The molecule has 0 bridgehead atoms. The van der Waals surface area contributed by atoms with E-state index in [-0.39, 0.29) is 30.4 Å². The number of hydrogen-bond donors (Lipinski definition) is 1. The van der Waals surface area contributed by atoms with Crippen LogP contribution in [0.15, 0.2) is 34.9 Å². The number of rotatable bonds is 6. The van der Waals surface area contributed by atoms with Crippen LogP contribution in [0.1, 0.15) is 38.2 Å². The molecule has 0 saturated carbocycles. The zero-order chi connectivity index (χ0) is 20.3. The van der Waals surface area contributed by atoms with E-state index in [1.807, 2.05) is 6.92 Å². The van der Waals surface area contributed by atoms with Crippen molar-refractivity contribution in [3.63, 3.8) is 0 Å². The number of nitriles is 1. The first kappa shape index (κ1) is 19.4. The highest BCUT2D eigenvalue weighted by Crippen LogP contribution is 2.48. The van der Waals surface area contributed by atoms with E-state index >= 15 is 0 Å². The number of hydrogen-bond acceptors (Lipinski definition) is 8. The van der Waals surface area contributed by atoms with Crippen molar-refractivity contribution in [1.82, 2.24) is 0 Å². The molecular formula is C20H22N2O6. The molecule has 28 heavy (non-hydrogen) atoms. The highest BCUT2D eigenvalue weighted by atomic mass is 16.7. The van der Waals surface area contributed by atoms with Gasteiger partial charge in [0, 0.05) is 6.42 Å². The van der Waals surface area contributed by atoms with Crippen molar-refractivity contribution < 1.29 is 28.5 Å². The topological polar surface area (TPSA) is 113 Å². The summed E-state index contributed by atoms with van der Waals surface area (Å²) >= 11 is 0. The number of carbonyl (C=O) groups is 1. The van der Waals surface area contributed by atoms with Gasteiger partial charge < -0.3 is 29.4 Å². The molecule has 1 atom stereocenters. The first-order valence-electron chi connectivity index (χ1n) is 9.00. The third-order valence-corrected chi connectivity index (χ3v) is 4.48. The molecule has 2 aliphatic rings.